The summed E-state index contributed by atoms with van der Waals surface area (Å²) in [7, 11) is 0. The van der Waals surface area contributed by atoms with Gasteiger partial charge in [0.1, 0.15) is 0 Å². The largest absolute Gasteiger partial charge is 0.0843 e. The molecule has 0 amide bonds. The average Bonchev–Trinajstić information content (AvgIpc) is 2.26. The molecule has 0 fully saturated rings. The van der Waals surface area contributed by atoms with Gasteiger partial charge < -0.3 is 0 Å². The third kappa shape index (κ3) is 1.78. The van der Waals surface area contributed by atoms with Crippen LogP contribution in [-0.2, 0) is 0 Å². The Morgan fingerprint density at radius 2 is 1.31 bits per heavy atom. The lowest BCUT2D eigenvalue weighted by Gasteiger charge is -2.03. The van der Waals surface area contributed by atoms with Gasteiger partial charge in [-0.05, 0) is 80.5 Å². The lowest BCUT2D eigenvalue weighted by atomic mass is 10.0. The second kappa shape index (κ2) is 3.90. The molecule has 0 aliphatic rings. The Morgan fingerprint density at radius 1 is 0.688 bits per heavy atom. The molecule has 0 unspecified atom stereocenters. The third-order valence-corrected chi connectivity index (χ3v) is 3.63. The van der Waals surface area contributed by atoms with Crippen LogP contribution >= 0.6 is 34.2 Å². The minimum Gasteiger partial charge on any atom is -0.0843 e. The third-order valence-electron chi connectivity index (χ3n) is 2.72. The van der Waals surface area contributed by atoms with Crippen molar-refractivity contribution in [2.45, 2.75) is 0 Å². The molecule has 0 atom stereocenters. The van der Waals surface area contributed by atoms with Crippen LogP contribution in [0.5, 0.6) is 0 Å². The molecular weight excluding hydrogens is 331 g/mol. The summed E-state index contributed by atoms with van der Waals surface area (Å²) in [6.07, 6.45) is 0. The zero-order valence-electron chi connectivity index (χ0n) is 8.37. The Balaban J connectivity index is 2.44. The average molecular weight is 339 g/mol. The molecule has 0 saturated heterocycles. The fourth-order valence-electron chi connectivity index (χ4n) is 1.94. The van der Waals surface area contributed by atoms with Gasteiger partial charge in [0.2, 0.25) is 0 Å². The van der Waals surface area contributed by atoms with Crippen LogP contribution in [0.4, 0.5) is 0 Å². The van der Waals surface area contributed by atoms with Crippen LogP contribution in [0.25, 0.3) is 21.5 Å². The van der Waals surface area contributed by atoms with Crippen molar-refractivity contribution < 1.29 is 0 Å². The van der Waals surface area contributed by atoms with Crippen LogP contribution in [0.2, 0.25) is 5.02 Å². The molecule has 16 heavy (non-hydrogen) atoms. The van der Waals surface area contributed by atoms with E-state index in [9.17, 15) is 0 Å². The fraction of sp³-hybridized carbons (Fsp3) is 0. The first kappa shape index (κ1) is 10.4. The van der Waals surface area contributed by atoms with Gasteiger partial charge in [0.25, 0.3) is 0 Å². The highest BCUT2D eigenvalue weighted by atomic mass is 127. The van der Waals surface area contributed by atoms with E-state index in [-0.39, 0.29) is 0 Å². The monoisotopic (exact) mass is 338 g/mol. The standard InChI is InChI=1S/C14H8ClI/c15-13-3-1-9-6-12-8-14(16)4-2-10(12)5-11(9)7-13/h1-8H. The van der Waals surface area contributed by atoms with Gasteiger partial charge in [-0.1, -0.05) is 23.7 Å². The summed E-state index contributed by atoms with van der Waals surface area (Å²) in [5.74, 6) is 0. The van der Waals surface area contributed by atoms with Crippen LogP contribution < -0.4 is 0 Å². The second-order valence-corrected chi connectivity index (χ2v) is 5.52. The molecule has 0 heterocycles. The normalized spacial score (nSPS) is 11.1. The number of hydrogen-bond acceptors (Lipinski definition) is 0. The Kier molecular flexibility index (Phi) is 2.52. The Morgan fingerprint density at radius 3 is 2.06 bits per heavy atom. The van der Waals surface area contributed by atoms with E-state index in [4.69, 9.17) is 11.6 Å². The van der Waals surface area contributed by atoms with Gasteiger partial charge in [-0.15, -0.1) is 0 Å². The summed E-state index contributed by atoms with van der Waals surface area (Å²) in [5, 5.41) is 5.76. The van der Waals surface area contributed by atoms with E-state index in [0.29, 0.717) is 0 Å². The van der Waals surface area contributed by atoms with Gasteiger partial charge in [0.15, 0.2) is 0 Å². The van der Waals surface area contributed by atoms with Crippen LogP contribution in [0.1, 0.15) is 0 Å². The predicted octanol–water partition coefficient (Wildman–Crippen LogP) is 5.25. The fourth-order valence-corrected chi connectivity index (χ4v) is 2.64. The first-order valence-corrected chi connectivity index (χ1v) is 6.47. The number of hydrogen-bond donors (Lipinski definition) is 0. The molecule has 0 bridgehead atoms. The van der Waals surface area contributed by atoms with E-state index in [0.717, 1.165) is 5.02 Å². The van der Waals surface area contributed by atoms with Crippen LogP contribution in [0.3, 0.4) is 0 Å². The van der Waals surface area contributed by atoms with Gasteiger partial charge >= 0.3 is 0 Å². The first-order valence-electron chi connectivity index (χ1n) is 5.01. The molecule has 0 spiro atoms. The summed E-state index contributed by atoms with van der Waals surface area (Å²) < 4.78 is 1.26. The van der Waals surface area contributed by atoms with Gasteiger partial charge in [-0.25, -0.2) is 0 Å². The first-order chi connectivity index (χ1) is 7.72. The maximum absolute atomic E-state index is 5.99. The van der Waals surface area contributed by atoms with E-state index in [1.807, 2.05) is 12.1 Å². The Hall–Kier alpha value is -0.800. The highest BCUT2D eigenvalue weighted by Crippen LogP contribution is 2.26. The van der Waals surface area contributed by atoms with Crippen LogP contribution in [0.15, 0.2) is 48.5 Å². The van der Waals surface area contributed by atoms with Gasteiger partial charge in [-0.2, -0.15) is 0 Å². The number of fused-ring (bicyclic) bond motifs is 2. The lowest BCUT2D eigenvalue weighted by molar-refractivity contribution is 1.72. The molecule has 0 N–H and O–H groups in total. The summed E-state index contributed by atoms with van der Waals surface area (Å²) in [6, 6.07) is 16.9. The number of benzene rings is 3. The van der Waals surface area contributed by atoms with Crippen molar-refractivity contribution >= 4 is 55.7 Å². The predicted molar refractivity (Wildman–Crippen MR) is 79.2 cm³/mol. The number of halogens is 2. The molecular formula is C14H8ClI. The molecule has 3 aromatic carbocycles. The van der Waals surface area contributed by atoms with Crippen molar-refractivity contribution in [3.63, 3.8) is 0 Å². The summed E-state index contributed by atoms with van der Waals surface area (Å²) >= 11 is 8.33. The minimum atomic E-state index is 0.789. The Bertz CT molecular complexity index is 627. The molecule has 0 radical (unpaired) electrons. The summed E-state index contributed by atoms with van der Waals surface area (Å²) in [6.45, 7) is 0. The quantitative estimate of drug-likeness (QED) is 0.388. The Labute approximate surface area is 112 Å². The topological polar surface area (TPSA) is 0 Å². The zero-order chi connectivity index (χ0) is 11.1. The van der Waals surface area contributed by atoms with Crippen molar-refractivity contribution in [1.29, 1.82) is 0 Å². The van der Waals surface area contributed by atoms with Gasteiger partial charge in [0.05, 0.1) is 0 Å². The number of rotatable bonds is 0. The van der Waals surface area contributed by atoms with E-state index < -0.39 is 0 Å². The molecule has 3 rings (SSSR count). The van der Waals surface area contributed by atoms with Crippen molar-refractivity contribution in [2.75, 3.05) is 0 Å². The van der Waals surface area contributed by atoms with Gasteiger partial charge in [0, 0.05) is 8.59 Å². The smallest absolute Gasteiger partial charge is 0.0412 e. The molecule has 0 nitrogen and oxygen atoms in total. The summed E-state index contributed by atoms with van der Waals surface area (Å²) in [5.41, 5.74) is 0. The lowest BCUT2D eigenvalue weighted by Crippen LogP contribution is -1.78. The molecule has 0 saturated carbocycles. The van der Waals surface area contributed by atoms with Gasteiger partial charge in [-0.3, -0.25) is 0 Å². The highest BCUT2D eigenvalue weighted by molar-refractivity contribution is 14.1. The maximum Gasteiger partial charge on any atom is 0.0412 e. The molecule has 0 aromatic heterocycles. The van der Waals surface area contributed by atoms with E-state index in [1.54, 1.807) is 0 Å². The highest BCUT2D eigenvalue weighted by Gasteiger charge is 1.99. The molecule has 0 aliphatic carbocycles. The minimum absolute atomic E-state index is 0.789. The maximum atomic E-state index is 5.99. The van der Waals surface area contributed by atoms with E-state index in [2.05, 4.69) is 59.0 Å². The van der Waals surface area contributed by atoms with Crippen LogP contribution in [0, 0.1) is 3.57 Å². The second-order valence-electron chi connectivity index (χ2n) is 3.84. The SMILES string of the molecule is Clc1ccc2cc3cc(I)ccc3cc2c1. The van der Waals surface area contributed by atoms with Crippen molar-refractivity contribution in [2.24, 2.45) is 0 Å². The molecule has 0 aliphatic heterocycles. The molecule has 78 valence electrons. The molecule has 2 heteroatoms. The van der Waals surface area contributed by atoms with E-state index >= 15 is 0 Å². The van der Waals surface area contributed by atoms with Crippen LogP contribution in [-0.4, -0.2) is 0 Å². The van der Waals surface area contributed by atoms with E-state index in [1.165, 1.54) is 25.1 Å². The van der Waals surface area contributed by atoms with Crippen molar-refractivity contribution in [3.05, 3.63) is 57.1 Å². The van der Waals surface area contributed by atoms with Crippen molar-refractivity contribution in [1.82, 2.24) is 0 Å². The van der Waals surface area contributed by atoms with Crippen molar-refractivity contribution in [3.8, 4) is 0 Å². The zero-order valence-corrected chi connectivity index (χ0v) is 11.3. The molecule has 3 aromatic rings. The summed E-state index contributed by atoms with van der Waals surface area (Å²) in [4.78, 5) is 0.